The molecule has 6 rings (SSSR count). The molecule has 3 saturated heterocycles. The van der Waals surface area contributed by atoms with Crippen LogP contribution in [0.3, 0.4) is 0 Å². The minimum Gasteiger partial charge on any atom is -0.465 e. The van der Waals surface area contributed by atoms with E-state index in [1.807, 2.05) is 27.7 Å². The third-order valence-electron chi connectivity index (χ3n) is 13.5. The second kappa shape index (κ2) is 15.6. The van der Waals surface area contributed by atoms with Gasteiger partial charge in [-0.1, -0.05) is 51.8 Å². The van der Waals surface area contributed by atoms with E-state index < -0.39 is 68.2 Å². The first-order chi connectivity index (χ1) is 25.0. The predicted molar refractivity (Wildman–Crippen MR) is 201 cm³/mol. The van der Waals surface area contributed by atoms with Crippen molar-refractivity contribution in [3.63, 3.8) is 0 Å². The standard InChI is InChI=1S/C41H68O11Si/c1-13-53(14-2,15-3)52-31-18-28(23(4)21-45-25(6)43)32-35-33(24(5)27-17-16-26(22-44-12)29(27)19-41(31,32)11)48-39(7,8)51-37-36-34(49-40(9,10)50-36)30(20-42)46-38(37)47-35/h19,23-24,26-27,30-31,33-38,42H,13-18,20-22H2,1-12H3/b29-19-/t23-,24-,26-,27+,30-,31+,33-,34-,35-,36+,37-,38-,41+/m1/s1. The average molecular weight is 765 g/mol. The minimum atomic E-state index is -2.11. The molecule has 0 aromatic rings. The van der Waals surface area contributed by atoms with Crippen LogP contribution < -0.4 is 0 Å². The van der Waals surface area contributed by atoms with Gasteiger partial charge in [-0.2, -0.15) is 0 Å². The highest BCUT2D eigenvalue weighted by Crippen LogP contribution is 2.59. The van der Waals surface area contributed by atoms with Crippen molar-refractivity contribution in [2.75, 3.05) is 26.9 Å². The third kappa shape index (κ3) is 7.77. The zero-order valence-electron chi connectivity index (χ0n) is 34.4. The molecule has 0 aromatic carbocycles. The van der Waals surface area contributed by atoms with E-state index in [-0.39, 0.29) is 49.0 Å². The van der Waals surface area contributed by atoms with Gasteiger partial charge >= 0.3 is 5.97 Å². The molecular weight excluding hydrogens is 697 g/mol. The third-order valence-corrected chi connectivity index (χ3v) is 18.1. The lowest BCUT2D eigenvalue weighted by Crippen LogP contribution is -2.64. The second-order valence-electron chi connectivity index (χ2n) is 17.7. The monoisotopic (exact) mass is 764 g/mol. The summed E-state index contributed by atoms with van der Waals surface area (Å²) in [5.74, 6) is -1.81. The first kappa shape index (κ1) is 41.4. The number of carbonyl (C=O) groups excluding carboxylic acids is 1. The van der Waals surface area contributed by atoms with Gasteiger partial charge in [0.05, 0.1) is 32.0 Å². The predicted octanol–water partition coefficient (Wildman–Crippen LogP) is 6.67. The SMILES string of the molecule is CC[Si](CC)(CC)O[C@H]1CC([C@H](C)COC(C)=O)=C2[C@H]3O[C@H]4O[C@H](CO)[C@H]5OC(C)(C)O[C@@H]5[C@H]4OC(C)(C)O[C@@H]3[C@H](C)[C@@H]3CC[C@H](COC)/C3=C/[C@]21C. The Hall–Kier alpha value is -1.19. The Kier molecular flexibility index (Phi) is 12.2. The van der Waals surface area contributed by atoms with Gasteiger partial charge in [-0.05, 0) is 89.4 Å². The number of esters is 1. The van der Waals surface area contributed by atoms with Gasteiger partial charge in [-0.15, -0.1) is 0 Å². The van der Waals surface area contributed by atoms with E-state index >= 15 is 0 Å². The van der Waals surface area contributed by atoms with Crippen molar-refractivity contribution < 1.29 is 52.2 Å². The lowest BCUT2D eigenvalue weighted by molar-refractivity contribution is -0.387. The molecule has 4 fully saturated rings. The van der Waals surface area contributed by atoms with Crippen molar-refractivity contribution in [3.05, 3.63) is 22.8 Å². The summed E-state index contributed by atoms with van der Waals surface area (Å²) in [5, 5.41) is 10.6. The quantitative estimate of drug-likeness (QED) is 0.138. The van der Waals surface area contributed by atoms with E-state index in [1.165, 1.54) is 18.1 Å². The van der Waals surface area contributed by atoms with E-state index in [0.717, 1.165) is 36.5 Å². The molecule has 13 atom stereocenters. The molecule has 0 bridgehead atoms. The van der Waals surface area contributed by atoms with Crippen LogP contribution in [0.25, 0.3) is 0 Å². The van der Waals surface area contributed by atoms with E-state index in [2.05, 4.69) is 47.6 Å². The molecule has 11 nitrogen and oxygen atoms in total. The Morgan fingerprint density at radius 2 is 1.57 bits per heavy atom. The van der Waals surface area contributed by atoms with E-state index in [9.17, 15) is 9.90 Å². The van der Waals surface area contributed by atoms with Gasteiger partial charge < -0.3 is 47.4 Å². The number of aliphatic hydroxyl groups excluding tert-OH is 1. The Balaban J connectivity index is 1.56. The van der Waals surface area contributed by atoms with Gasteiger partial charge in [-0.3, -0.25) is 4.79 Å². The number of hydrogen-bond donors (Lipinski definition) is 1. The lowest BCUT2D eigenvalue weighted by Gasteiger charge is -2.53. The van der Waals surface area contributed by atoms with E-state index in [4.69, 9.17) is 42.3 Å². The van der Waals surface area contributed by atoms with Crippen LogP contribution in [0.4, 0.5) is 0 Å². The summed E-state index contributed by atoms with van der Waals surface area (Å²) >= 11 is 0. The molecule has 1 saturated carbocycles. The number of ether oxygens (including phenoxy) is 8. The number of methoxy groups -OCH3 is 1. The van der Waals surface area contributed by atoms with Crippen molar-refractivity contribution in [2.24, 2.45) is 29.1 Å². The lowest BCUT2D eigenvalue weighted by atomic mass is 9.67. The van der Waals surface area contributed by atoms with Crippen LogP contribution in [0.2, 0.25) is 18.1 Å². The Morgan fingerprint density at radius 3 is 2.17 bits per heavy atom. The maximum atomic E-state index is 12.2. The number of carbonyl (C=O) groups is 1. The molecule has 302 valence electrons. The first-order valence-corrected chi connectivity index (χ1v) is 22.9. The molecule has 3 aliphatic carbocycles. The molecule has 0 unspecified atom stereocenters. The van der Waals surface area contributed by atoms with Gasteiger partial charge in [0.15, 0.2) is 26.2 Å². The van der Waals surface area contributed by atoms with Gasteiger partial charge in [0.2, 0.25) is 0 Å². The molecule has 12 heteroatoms. The normalized spacial score (nSPS) is 42.1. The van der Waals surface area contributed by atoms with E-state index in [0.29, 0.717) is 13.0 Å². The van der Waals surface area contributed by atoms with Crippen LogP contribution in [0.1, 0.15) is 95.4 Å². The summed E-state index contributed by atoms with van der Waals surface area (Å²) in [5.41, 5.74) is 3.13. The Labute approximate surface area is 318 Å². The summed E-state index contributed by atoms with van der Waals surface area (Å²) in [7, 11) is -0.319. The highest BCUT2D eigenvalue weighted by molar-refractivity contribution is 6.73. The second-order valence-corrected chi connectivity index (χ2v) is 22.5. The van der Waals surface area contributed by atoms with E-state index in [1.54, 1.807) is 7.11 Å². The van der Waals surface area contributed by atoms with Crippen molar-refractivity contribution in [1.82, 2.24) is 0 Å². The molecule has 0 spiro atoms. The summed E-state index contributed by atoms with van der Waals surface area (Å²) in [6, 6.07) is 3.09. The Bertz CT molecular complexity index is 1380. The van der Waals surface area contributed by atoms with Crippen molar-refractivity contribution >= 4 is 14.3 Å². The molecule has 0 aromatic heterocycles. The van der Waals surface area contributed by atoms with Crippen LogP contribution in [-0.4, -0.2) is 107 Å². The first-order valence-electron chi connectivity index (χ1n) is 20.3. The molecule has 3 aliphatic heterocycles. The molecule has 53 heavy (non-hydrogen) atoms. The van der Waals surface area contributed by atoms with Crippen molar-refractivity contribution in [1.29, 1.82) is 0 Å². The number of rotatable bonds is 11. The summed E-state index contributed by atoms with van der Waals surface area (Å²) in [4.78, 5) is 12.2. The minimum absolute atomic E-state index is 0.0416. The van der Waals surface area contributed by atoms with Crippen LogP contribution in [0.15, 0.2) is 22.8 Å². The topological polar surface area (TPSA) is 120 Å². The number of aliphatic hydroxyl groups is 1. The zero-order valence-corrected chi connectivity index (χ0v) is 35.4. The molecule has 0 radical (unpaired) electrons. The van der Waals surface area contributed by atoms with Crippen molar-refractivity contribution in [2.45, 2.75) is 174 Å². The van der Waals surface area contributed by atoms with Crippen LogP contribution >= 0.6 is 0 Å². The maximum Gasteiger partial charge on any atom is 0.302 e. The summed E-state index contributed by atoms with van der Waals surface area (Å²) < 4.78 is 60.1. The molecule has 0 amide bonds. The fourth-order valence-electron chi connectivity index (χ4n) is 10.5. The summed E-state index contributed by atoms with van der Waals surface area (Å²) in [6.45, 7) is 23.4. The highest BCUT2D eigenvalue weighted by Gasteiger charge is 2.62. The van der Waals surface area contributed by atoms with Gasteiger partial charge in [0, 0.05) is 31.3 Å². The molecular formula is C41H68O11Si. The highest BCUT2D eigenvalue weighted by atomic mass is 28.4. The van der Waals surface area contributed by atoms with Gasteiger partial charge in [0.25, 0.3) is 0 Å². The van der Waals surface area contributed by atoms with Gasteiger partial charge in [-0.25, -0.2) is 0 Å². The van der Waals surface area contributed by atoms with Crippen molar-refractivity contribution in [3.8, 4) is 0 Å². The van der Waals surface area contributed by atoms with Crippen LogP contribution in [0, 0.1) is 29.1 Å². The molecule has 1 N–H and O–H groups in total. The fraction of sp³-hybridized carbons (Fsp3) is 0.878. The average Bonchev–Trinajstić information content (AvgIpc) is 3.73. The fourth-order valence-corrected chi connectivity index (χ4v) is 13.5. The van der Waals surface area contributed by atoms with Crippen LogP contribution in [-0.2, 0) is 47.1 Å². The molecule has 3 heterocycles. The number of hydrogen-bond acceptors (Lipinski definition) is 11. The largest absolute Gasteiger partial charge is 0.465 e. The summed E-state index contributed by atoms with van der Waals surface area (Å²) in [6.07, 6.45) is 0.757. The Morgan fingerprint density at radius 1 is 0.943 bits per heavy atom. The smallest absolute Gasteiger partial charge is 0.302 e. The number of fused-ring (bicyclic) bond motifs is 7. The van der Waals surface area contributed by atoms with Crippen LogP contribution in [0.5, 0.6) is 0 Å². The maximum absolute atomic E-state index is 12.2. The molecule has 6 aliphatic rings. The zero-order chi connectivity index (χ0) is 38.7. The van der Waals surface area contributed by atoms with Gasteiger partial charge in [0.1, 0.15) is 30.5 Å².